The fraction of sp³-hybridized carbons (Fsp3) is 0.706. The van der Waals surface area contributed by atoms with Crippen molar-refractivity contribution in [1.29, 1.82) is 0 Å². The average Bonchev–Trinajstić information content (AvgIpc) is 3.20. The molecule has 3 heterocycles. The summed E-state index contributed by atoms with van der Waals surface area (Å²) in [7, 11) is 0. The van der Waals surface area contributed by atoms with E-state index in [-0.39, 0.29) is 11.4 Å². The van der Waals surface area contributed by atoms with Crippen molar-refractivity contribution in [3.63, 3.8) is 0 Å². The van der Waals surface area contributed by atoms with Crippen molar-refractivity contribution in [2.75, 3.05) is 32.7 Å². The zero-order valence-electron chi connectivity index (χ0n) is 13.1. The van der Waals surface area contributed by atoms with Gasteiger partial charge in [-0.05, 0) is 43.7 Å². The van der Waals surface area contributed by atoms with Crippen LogP contribution in [0, 0.1) is 5.92 Å². The van der Waals surface area contributed by atoms with Crippen molar-refractivity contribution < 1.29 is 9.21 Å². The van der Waals surface area contributed by atoms with Crippen LogP contribution in [0.3, 0.4) is 0 Å². The highest BCUT2D eigenvalue weighted by atomic mass is 16.3. The standard InChI is InChI=1S/C17H25N3O2/c21-16-17(20(10-7-18-16)12-14-3-4-14)5-8-19(9-6-17)13-15-2-1-11-22-15/h1-2,11,14H,3-10,12-13H2,(H,18,21). The predicted octanol–water partition coefficient (Wildman–Crippen LogP) is 1.46. The topological polar surface area (TPSA) is 48.7 Å². The molecular weight excluding hydrogens is 278 g/mol. The van der Waals surface area contributed by atoms with Crippen LogP contribution >= 0.6 is 0 Å². The zero-order valence-corrected chi connectivity index (χ0v) is 13.1. The van der Waals surface area contributed by atoms with Crippen LogP contribution in [0.1, 0.15) is 31.4 Å². The van der Waals surface area contributed by atoms with Gasteiger partial charge in [0.25, 0.3) is 0 Å². The van der Waals surface area contributed by atoms with Crippen LogP contribution in [0.4, 0.5) is 0 Å². The molecule has 1 aliphatic carbocycles. The first-order valence-electron chi connectivity index (χ1n) is 8.54. The summed E-state index contributed by atoms with van der Waals surface area (Å²) in [6, 6.07) is 3.96. The van der Waals surface area contributed by atoms with Gasteiger partial charge >= 0.3 is 0 Å². The minimum absolute atomic E-state index is 0.249. The monoisotopic (exact) mass is 303 g/mol. The molecule has 1 aromatic rings. The molecule has 1 amide bonds. The van der Waals surface area contributed by atoms with Gasteiger partial charge in [0.05, 0.1) is 12.8 Å². The molecule has 22 heavy (non-hydrogen) atoms. The lowest BCUT2D eigenvalue weighted by molar-refractivity contribution is -0.142. The van der Waals surface area contributed by atoms with Gasteiger partial charge in [-0.2, -0.15) is 0 Å². The number of hydrogen-bond acceptors (Lipinski definition) is 4. The van der Waals surface area contributed by atoms with Crippen LogP contribution in [0.15, 0.2) is 22.8 Å². The molecule has 0 unspecified atom stereocenters. The molecule has 0 atom stereocenters. The second-order valence-corrected chi connectivity index (χ2v) is 7.03. The molecule has 3 aliphatic rings. The number of piperazine rings is 1. The minimum Gasteiger partial charge on any atom is -0.468 e. The Balaban J connectivity index is 1.42. The van der Waals surface area contributed by atoms with E-state index < -0.39 is 0 Å². The van der Waals surface area contributed by atoms with E-state index in [4.69, 9.17) is 4.42 Å². The maximum atomic E-state index is 12.6. The summed E-state index contributed by atoms with van der Waals surface area (Å²) in [5.41, 5.74) is -0.249. The molecule has 4 rings (SSSR count). The quantitative estimate of drug-likeness (QED) is 0.915. The Morgan fingerprint density at radius 3 is 2.77 bits per heavy atom. The Labute approximate surface area is 131 Å². The first kappa shape index (κ1) is 14.3. The van der Waals surface area contributed by atoms with E-state index in [0.29, 0.717) is 0 Å². The van der Waals surface area contributed by atoms with Crippen LogP contribution in [0.5, 0.6) is 0 Å². The van der Waals surface area contributed by atoms with Gasteiger partial charge in [0, 0.05) is 32.7 Å². The third-order valence-corrected chi connectivity index (χ3v) is 5.51. The van der Waals surface area contributed by atoms with Crippen molar-refractivity contribution in [2.45, 2.75) is 37.8 Å². The SMILES string of the molecule is O=C1NCCN(CC2CC2)C12CCN(Cc1ccco1)CC2. The van der Waals surface area contributed by atoms with E-state index in [1.54, 1.807) is 6.26 Å². The van der Waals surface area contributed by atoms with Crippen molar-refractivity contribution in [3.05, 3.63) is 24.2 Å². The van der Waals surface area contributed by atoms with E-state index in [0.717, 1.165) is 63.8 Å². The Morgan fingerprint density at radius 1 is 1.27 bits per heavy atom. The average molecular weight is 303 g/mol. The number of amides is 1. The molecule has 1 aromatic heterocycles. The number of carbonyl (C=O) groups is 1. The van der Waals surface area contributed by atoms with Crippen molar-refractivity contribution in [3.8, 4) is 0 Å². The summed E-state index contributed by atoms with van der Waals surface area (Å²) in [6.07, 6.45) is 6.29. The molecule has 5 nitrogen and oxygen atoms in total. The largest absolute Gasteiger partial charge is 0.468 e. The summed E-state index contributed by atoms with van der Waals surface area (Å²) < 4.78 is 5.44. The van der Waals surface area contributed by atoms with Crippen molar-refractivity contribution in [1.82, 2.24) is 15.1 Å². The van der Waals surface area contributed by atoms with Gasteiger partial charge < -0.3 is 9.73 Å². The lowest BCUT2D eigenvalue weighted by atomic mass is 9.83. The maximum Gasteiger partial charge on any atom is 0.240 e. The normalized spacial score (nSPS) is 26.3. The Morgan fingerprint density at radius 2 is 2.09 bits per heavy atom. The maximum absolute atomic E-state index is 12.6. The second-order valence-electron chi connectivity index (χ2n) is 7.03. The van der Waals surface area contributed by atoms with Crippen LogP contribution in [0.25, 0.3) is 0 Å². The molecule has 120 valence electrons. The van der Waals surface area contributed by atoms with Gasteiger partial charge in [-0.3, -0.25) is 14.6 Å². The minimum atomic E-state index is -0.249. The van der Waals surface area contributed by atoms with Crippen LogP contribution < -0.4 is 5.32 Å². The summed E-state index contributed by atoms with van der Waals surface area (Å²) >= 11 is 0. The summed E-state index contributed by atoms with van der Waals surface area (Å²) in [6.45, 7) is 5.73. The highest BCUT2D eigenvalue weighted by Crippen LogP contribution is 2.37. The van der Waals surface area contributed by atoms with Gasteiger partial charge in [-0.15, -0.1) is 0 Å². The number of carbonyl (C=O) groups excluding carboxylic acids is 1. The number of rotatable bonds is 4. The first-order chi connectivity index (χ1) is 10.8. The number of piperidine rings is 1. The fourth-order valence-corrected chi connectivity index (χ4v) is 3.95. The molecular formula is C17H25N3O2. The number of hydrogen-bond donors (Lipinski definition) is 1. The van der Waals surface area contributed by atoms with Gasteiger partial charge in [0.15, 0.2) is 0 Å². The smallest absolute Gasteiger partial charge is 0.240 e. The Hall–Kier alpha value is -1.33. The van der Waals surface area contributed by atoms with E-state index in [9.17, 15) is 4.79 Å². The Kier molecular flexibility index (Phi) is 3.70. The third-order valence-electron chi connectivity index (χ3n) is 5.51. The number of furan rings is 1. The molecule has 1 spiro atoms. The van der Waals surface area contributed by atoms with E-state index in [1.165, 1.54) is 12.8 Å². The van der Waals surface area contributed by atoms with Crippen molar-refractivity contribution in [2.24, 2.45) is 5.92 Å². The first-order valence-corrected chi connectivity index (χ1v) is 8.54. The fourth-order valence-electron chi connectivity index (χ4n) is 3.95. The van der Waals surface area contributed by atoms with Gasteiger partial charge in [0.2, 0.25) is 5.91 Å². The van der Waals surface area contributed by atoms with E-state index >= 15 is 0 Å². The van der Waals surface area contributed by atoms with Gasteiger partial charge in [-0.1, -0.05) is 0 Å². The highest BCUT2D eigenvalue weighted by molar-refractivity contribution is 5.87. The number of nitrogens with one attached hydrogen (secondary N) is 1. The lowest BCUT2D eigenvalue weighted by Crippen LogP contribution is -2.68. The van der Waals surface area contributed by atoms with Crippen LogP contribution in [-0.2, 0) is 11.3 Å². The zero-order chi connectivity index (χ0) is 15.0. The molecule has 2 aliphatic heterocycles. The van der Waals surface area contributed by atoms with Gasteiger partial charge in [0.1, 0.15) is 11.3 Å². The molecule has 1 N–H and O–H groups in total. The molecule has 5 heteroatoms. The molecule has 0 radical (unpaired) electrons. The second kappa shape index (κ2) is 5.70. The summed E-state index contributed by atoms with van der Waals surface area (Å²) in [4.78, 5) is 17.5. The van der Waals surface area contributed by atoms with Gasteiger partial charge in [-0.25, -0.2) is 0 Å². The summed E-state index contributed by atoms with van der Waals surface area (Å²) in [5.74, 6) is 2.11. The molecule has 1 saturated carbocycles. The highest BCUT2D eigenvalue weighted by Gasteiger charge is 2.49. The predicted molar refractivity (Wildman–Crippen MR) is 83.3 cm³/mol. The van der Waals surface area contributed by atoms with Crippen LogP contribution in [-0.4, -0.2) is 54.0 Å². The number of likely N-dealkylation sites (tertiary alicyclic amines) is 1. The van der Waals surface area contributed by atoms with E-state index in [2.05, 4.69) is 15.1 Å². The van der Waals surface area contributed by atoms with Crippen LogP contribution in [0.2, 0.25) is 0 Å². The number of nitrogens with zero attached hydrogens (tertiary/aromatic N) is 2. The molecule has 0 aromatic carbocycles. The lowest BCUT2D eigenvalue weighted by Gasteiger charge is -2.50. The van der Waals surface area contributed by atoms with E-state index in [1.807, 2.05) is 12.1 Å². The third kappa shape index (κ3) is 2.68. The van der Waals surface area contributed by atoms with Crippen molar-refractivity contribution >= 4 is 5.91 Å². The molecule has 2 saturated heterocycles. The molecule has 0 bridgehead atoms. The Bertz CT molecular complexity index is 516. The summed E-state index contributed by atoms with van der Waals surface area (Å²) in [5, 5.41) is 3.11. The molecule has 3 fully saturated rings.